The molecule has 118 valence electrons. The maximum atomic E-state index is 12.3. The van der Waals surface area contributed by atoms with Crippen LogP contribution < -0.4 is 11.3 Å². The Balaban J connectivity index is 2.07. The fraction of sp³-hybridized carbons (Fsp3) is 0.176. The van der Waals surface area contributed by atoms with Crippen LogP contribution in [0, 0.1) is 17.4 Å². The highest BCUT2D eigenvalue weighted by atomic mass is 127. The molecule has 0 aliphatic rings. The van der Waals surface area contributed by atoms with Gasteiger partial charge < -0.3 is 14.8 Å². The van der Waals surface area contributed by atoms with Gasteiger partial charge in [-0.2, -0.15) is 0 Å². The number of anilines is 1. The van der Waals surface area contributed by atoms with Gasteiger partial charge in [0.05, 0.1) is 17.9 Å². The van der Waals surface area contributed by atoms with E-state index >= 15 is 0 Å². The van der Waals surface area contributed by atoms with Gasteiger partial charge in [0.25, 0.3) is 5.56 Å². The molecule has 5 nitrogen and oxygen atoms in total. The van der Waals surface area contributed by atoms with Crippen molar-refractivity contribution in [3.05, 3.63) is 67.5 Å². The molecule has 23 heavy (non-hydrogen) atoms. The maximum absolute atomic E-state index is 12.3. The van der Waals surface area contributed by atoms with Gasteiger partial charge in [-0.15, -0.1) is 0 Å². The average Bonchev–Trinajstić information content (AvgIpc) is 2.85. The number of nitrogens with zero attached hydrogens (tertiary/aromatic N) is 2. The van der Waals surface area contributed by atoms with Crippen molar-refractivity contribution in [1.29, 1.82) is 0 Å². The first-order valence-electron chi connectivity index (χ1n) is 7.13. The standard InChI is InChI=1S/C17H16IN3O2/c1-10-16(11(2)23-20-10)13-7-15(19)17(22)21(9-13)8-12-3-5-14(18)6-4-12/h3-7,9H,8,19H2,1-2H3. The molecular formula is C17H16IN3O2. The number of aromatic nitrogens is 2. The summed E-state index contributed by atoms with van der Waals surface area (Å²) >= 11 is 2.25. The SMILES string of the molecule is Cc1noc(C)c1-c1cc(N)c(=O)n(Cc2ccc(I)cc2)c1. The fourth-order valence-corrected chi connectivity index (χ4v) is 2.95. The summed E-state index contributed by atoms with van der Waals surface area (Å²) in [5.74, 6) is 0.710. The Morgan fingerprint density at radius 3 is 2.57 bits per heavy atom. The molecule has 0 atom stereocenters. The van der Waals surface area contributed by atoms with Gasteiger partial charge in [-0.3, -0.25) is 4.79 Å². The van der Waals surface area contributed by atoms with Crippen LogP contribution in [0.25, 0.3) is 11.1 Å². The predicted molar refractivity (Wildman–Crippen MR) is 98.3 cm³/mol. The molecule has 0 spiro atoms. The van der Waals surface area contributed by atoms with Crippen molar-refractivity contribution in [3.63, 3.8) is 0 Å². The number of aryl methyl sites for hydroxylation is 2. The van der Waals surface area contributed by atoms with Crippen LogP contribution >= 0.6 is 22.6 Å². The van der Waals surface area contributed by atoms with Crippen LogP contribution in [0.4, 0.5) is 5.69 Å². The number of nitrogens with two attached hydrogens (primary N) is 1. The van der Waals surface area contributed by atoms with Crippen LogP contribution in [0.1, 0.15) is 17.0 Å². The zero-order valence-electron chi connectivity index (χ0n) is 12.8. The molecule has 0 bridgehead atoms. The summed E-state index contributed by atoms with van der Waals surface area (Å²) in [6.07, 6.45) is 1.81. The van der Waals surface area contributed by atoms with E-state index in [4.69, 9.17) is 10.3 Å². The summed E-state index contributed by atoms with van der Waals surface area (Å²) < 4.78 is 7.99. The molecule has 0 aliphatic carbocycles. The second-order valence-electron chi connectivity index (χ2n) is 5.44. The first-order valence-corrected chi connectivity index (χ1v) is 8.21. The average molecular weight is 421 g/mol. The minimum absolute atomic E-state index is 0.195. The summed E-state index contributed by atoms with van der Waals surface area (Å²) in [6.45, 7) is 4.19. The smallest absolute Gasteiger partial charge is 0.274 e. The van der Waals surface area contributed by atoms with Gasteiger partial charge in [0.2, 0.25) is 0 Å². The van der Waals surface area contributed by atoms with E-state index in [0.717, 1.165) is 26.0 Å². The lowest BCUT2D eigenvalue weighted by Crippen LogP contribution is -2.23. The Labute approximate surface area is 147 Å². The number of hydrogen-bond acceptors (Lipinski definition) is 4. The van der Waals surface area contributed by atoms with Crippen molar-refractivity contribution >= 4 is 28.3 Å². The monoisotopic (exact) mass is 421 g/mol. The van der Waals surface area contributed by atoms with Crippen molar-refractivity contribution < 1.29 is 4.52 Å². The van der Waals surface area contributed by atoms with Gasteiger partial charge in [0.1, 0.15) is 5.76 Å². The van der Waals surface area contributed by atoms with Gasteiger partial charge in [0.15, 0.2) is 0 Å². The van der Waals surface area contributed by atoms with Gasteiger partial charge in [-0.1, -0.05) is 17.3 Å². The van der Waals surface area contributed by atoms with Crippen molar-refractivity contribution in [1.82, 2.24) is 9.72 Å². The Morgan fingerprint density at radius 2 is 1.96 bits per heavy atom. The zero-order valence-corrected chi connectivity index (χ0v) is 15.0. The summed E-state index contributed by atoms with van der Waals surface area (Å²) in [5.41, 5.74) is 9.48. The zero-order chi connectivity index (χ0) is 16.6. The molecule has 6 heteroatoms. The topological polar surface area (TPSA) is 74.1 Å². The third-order valence-electron chi connectivity index (χ3n) is 3.70. The molecule has 2 heterocycles. The number of pyridine rings is 1. The van der Waals surface area contributed by atoms with E-state index in [2.05, 4.69) is 27.7 Å². The maximum Gasteiger partial charge on any atom is 0.274 e. The highest BCUT2D eigenvalue weighted by Crippen LogP contribution is 2.27. The van der Waals surface area contributed by atoms with Gasteiger partial charge in [-0.25, -0.2) is 0 Å². The molecule has 2 N–H and O–H groups in total. The first-order chi connectivity index (χ1) is 11.0. The third kappa shape index (κ3) is 3.17. The molecule has 0 radical (unpaired) electrons. The summed E-state index contributed by atoms with van der Waals surface area (Å²) in [6, 6.07) is 9.73. The van der Waals surface area contributed by atoms with Crippen LogP contribution in [0.15, 0.2) is 45.8 Å². The minimum Gasteiger partial charge on any atom is -0.394 e. The number of nitrogen functional groups attached to an aromatic ring is 1. The molecular weight excluding hydrogens is 405 g/mol. The van der Waals surface area contributed by atoms with Crippen LogP contribution in [-0.2, 0) is 6.54 Å². The Bertz CT molecular complexity index is 891. The number of halogens is 1. The Kier molecular flexibility index (Phi) is 4.25. The third-order valence-corrected chi connectivity index (χ3v) is 4.42. The molecule has 0 aliphatic heterocycles. The lowest BCUT2D eigenvalue weighted by Gasteiger charge is -2.10. The van der Waals surface area contributed by atoms with E-state index in [-0.39, 0.29) is 11.2 Å². The normalized spacial score (nSPS) is 10.9. The molecule has 3 aromatic rings. The predicted octanol–water partition coefficient (Wildman–Crippen LogP) is 3.36. The second kappa shape index (κ2) is 6.19. The van der Waals surface area contributed by atoms with Crippen molar-refractivity contribution in [2.75, 3.05) is 5.73 Å². The van der Waals surface area contributed by atoms with E-state index in [1.165, 1.54) is 0 Å². The van der Waals surface area contributed by atoms with Crippen molar-refractivity contribution in [2.45, 2.75) is 20.4 Å². The molecule has 0 saturated carbocycles. The lowest BCUT2D eigenvalue weighted by molar-refractivity contribution is 0.393. The number of hydrogen-bond donors (Lipinski definition) is 1. The number of rotatable bonds is 3. The Hall–Kier alpha value is -2.09. The van der Waals surface area contributed by atoms with E-state index in [1.807, 2.05) is 44.3 Å². The molecule has 2 aromatic heterocycles. The van der Waals surface area contributed by atoms with Crippen molar-refractivity contribution in [3.8, 4) is 11.1 Å². The van der Waals surface area contributed by atoms with E-state index in [0.29, 0.717) is 12.3 Å². The Morgan fingerprint density at radius 1 is 1.26 bits per heavy atom. The second-order valence-corrected chi connectivity index (χ2v) is 6.69. The van der Waals surface area contributed by atoms with Gasteiger partial charge >= 0.3 is 0 Å². The van der Waals surface area contributed by atoms with Gasteiger partial charge in [-0.05, 0) is 60.2 Å². The first kappa shape index (κ1) is 15.8. The quantitative estimate of drug-likeness (QED) is 0.659. The lowest BCUT2D eigenvalue weighted by atomic mass is 10.1. The highest BCUT2D eigenvalue weighted by molar-refractivity contribution is 14.1. The fourth-order valence-electron chi connectivity index (χ4n) is 2.59. The highest BCUT2D eigenvalue weighted by Gasteiger charge is 2.14. The van der Waals surface area contributed by atoms with E-state index in [1.54, 1.807) is 10.6 Å². The van der Waals surface area contributed by atoms with Crippen LogP contribution in [0.5, 0.6) is 0 Å². The molecule has 0 amide bonds. The number of benzene rings is 1. The summed E-state index contributed by atoms with van der Waals surface area (Å²) in [5, 5.41) is 3.96. The summed E-state index contributed by atoms with van der Waals surface area (Å²) in [7, 11) is 0. The van der Waals surface area contributed by atoms with Crippen LogP contribution in [-0.4, -0.2) is 9.72 Å². The molecule has 0 unspecified atom stereocenters. The molecule has 1 aromatic carbocycles. The minimum atomic E-state index is -0.195. The summed E-state index contributed by atoms with van der Waals surface area (Å²) in [4.78, 5) is 12.3. The van der Waals surface area contributed by atoms with Crippen LogP contribution in [0.3, 0.4) is 0 Å². The molecule has 3 rings (SSSR count). The van der Waals surface area contributed by atoms with Gasteiger partial charge in [0, 0.05) is 20.9 Å². The molecule has 0 fully saturated rings. The van der Waals surface area contributed by atoms with E-state index < -0.39 is 0 Å². The molecule has 0 saturated heterocycles. The van der Waals surface area contributed by atoms with Crippen molar-refractivity contribution in [2.24, 2.45) is 0 Å². The van der Waals surface area contributed by atoms with E-state index in [9.17, 15) is 4.79 Å². The van der Waals surface area contributed by atoms with Crippen LogP contribution in [0.2, 0.25) is 0 Å². The largest absolute Gasteiger partial charge is 0.394 e.